The van der Waals surface area contributed by atoms with Crippen LogP contribution >= 0.6 is 0 Å². The lowest BCUT2D eigenvalue weighted by molar-refractivity contribution is 0.0953. The number of carbonyl (C=O) groups is 1. The molecule has 0 saturated carbocycles. The van der Waals surface area contributed by atoms with E-state index in [9.17, 15) is 4.79 Å². The Labute approximate surface area is 177 Å². The van der Waals surface area contributed by atoms with Gasteiger partial charge in [0.05, 0.1) is 12.8 Å². The molecule has 11 heteroatoms. The van der Waals surface area contributed by atoms with Crippen molar-refractivity contribution in [2.75, 3.05) is 27.5 Å². The summed E-state index contributed by atoms with van der Waals surface area (Å²) < 4.78 is 18.7. The van der Waals surface area contributed by atoms with Crippen molar-refractivity contribution in [1.29, 1.82) is 0 Å². The number of rotatable bonds is 4. The van der Waals surface area contributed by atoms with Gasteiger partial charge in [0.15, 0.2) is 17.3 Å². The molecule has 1 atom stereocenters. The molecule has 3 heterocycles. The molecule has 5 rings (SSSR count). The number of hydrogen-bond donors (Lipinski definition) is 2. The van der Waals surface area contributed by atoms with Crippen molar-refractivity contribution in [3.63, 3.8) is 0 Å². The molecule has 0 unspecified atom stereocenters. The van der Waals surface area contributed by atoms with Gasteiger partial charge in [-0.25, -0.2) is 5.84 Å². The van der Waals surface area contributed by atoms with Crippen LogP contribution in [0.5, 0.6) is 17.2 Å². The van der Waals surface area contributed by atoms with E-state index in [1.165, 1.54) is 0 Å². The number of nitrogens with one attached hydrogen (secondary N) is 1. The summed E-state index contributed by atoms with van der Waals surface area (Å²) in [6.45, 7) is 0.971. The number of tetrazole rings is 1. The Morgan fingerprint density at radius 2 is 2.10 bits per heavy atom. The molecule has 0 radical (unpaired) electrons. The average molecular weight is 423 g/mol. The minimum atomic E-state index is -0.370. The van der Waals surface area contributed by atoms with E-state index < -0.39 is 0 Å². The minimum absolute atomic E-state index is 0.162. The molecule has 160 valence electrons. The van der Waals surface area contributed by atoms with E-state index in [1.54, 1.807) is 36.1 Å². The van der Waals surface area contributed by atoms with E-state index in [0.717, 1.165) is 24.1 Å². The zero-order chi connectivity index (χ0) is 21.5. The molecule has 3 N–H and O–H groups in total. The van der Waals surface area contributed by atoms with Crippen LogP contribution in [-0.2, 0) is 6.42 Å². The van der Waals surface area contributed by atoms with Gasteiger partial charge < -0.3 is 14.2 Å². The van der Waals surface area contributed by atoms with Gasteiger partial charge in [-0.15, -0.1) is 5.10 Å². The quantitative estimate of drug-likeness (QED) is 0.352. The number of hydrogen-bond acceptors (Lipinski definition) is 9. The van der Waals surface area contributed by atoms with Crippen LogP contribution in [0, 0.1) is 0 Å². The first-order valence-corrected chi connectivity index (χ1v) is 9.71. The van der Waals surface area contributed by atoms with Crippen molar-refractivity contribution >= 4 is 5.91 Å². The summed E-state index contributed by atoms with van der Waals surface area (Å²) in [4.78, 5) is 13.9. The van der Waals surface area contributed by atoms with Crippen molar-refractivity contribution in [2.45, 2.75) is 12.5 Å². The van der Waals surface area contributed by atoms with Crippen LogP contribution in [0.25, 0.3) is 5.69 Å². The summed E-state index contributed by atoms with van der Waals surface area (Å²) in [5.74, 6) is 7.38. The number of amides is 1. The first-order chi connectivity index (χ1) is 15.1. The van der Waals surface area contributed by atoms with Crippen molar-refractivity contribution < 1.29 is 19.0 Å². The highest BCUT2D eigenvalue weighted by Crippen LogP contribution is 2.50. The topological polar surface area (TPSA) is 130 Å². The second-order valence-corrected chi connectivity index (χ2v) is 7.32. The van der Waals surface area contributed by atoms with Gasteiger partial charge in [-0.3, -0.25) is 15.1 Å². The van der Waals surface area contributed by atoms with Gasteiger partial charge in [-0.1, -0.05) is 0 Å². The van der Waals surface area contributed by atoms with Gasteiger partial charge in [0, 0.05) is 17.7 Å². The molecule has 0 spiro atoms. The lowest BCUT2D eigenvalue weighted by atomic mass is 9.90. The Bertz CT molecular complexity index is 1150. The molecular weight excluding hydrogens is 402 g/mol. The molecule has 3 aromatic rings. The summed E-state index contributed by atoms with van der Waals surface area (Å²) in [7, 11) is 3.64. The van der Waals surface area contributed by atoms with Gasteiger partial charge >= 0.3 is 0 Å². The van der Waals surface area contributed by atoms with Crippen molar-refractivity contribution in [3.8, 4) is 22.9 Å². The largest absolute Gasteiger partial charge is 0.492 e. The van der Waals surface area contributed by atoms with Gasteiger partial charge in [-0.2, -0.15) is 4.68 Å². The number of hydrazine groups is 1. The molecule has 2 aromatic carbocycles. The Morgan fingerprint density at radius 1 is 1.29 bits per heavy atom. The number of methoxy groups -OCH3 is 1. The highest BCUT2D eigenvalue weighted by atomic mass is 16.7. The fraction of sp³-hybridized carbons (Fsp3) is 0.300. The predicted octanol–water partition coefficient (Wildman–Crippen LogP) is 0.580. The molecule has 0 saturated heterocycles. The summed E-state index contributed by atoms with van der Waals surface area (Å²) in [6, 6.07) is 8.61. The maximum Gasteiger partial charge on any atom is 0.265 e. The van der Waals surface area contributed by atoms with Crippen molar-refractivity contribution in [3.05, 3.63) is 52.8 Å². The number of ether oxygens (including phenoxy) is 3. The van der Waals surface area contributed by atoms with Crippen LogP contribution in [0.1, 0.15) is 33.4 Å². The zero-order valence-electron chi connectivity index (χ0n) is 17.0. The van der Waals surface area contributed by atoms with E-state index in [-0.39, 0.29) is 18.7 Å². The molecule has 1 aromatic heterocycles. The number of nitrogens with zero attached hydrogens (tertiary/aromatic N) is 5. The van der Waals surface area contributed by atoms with E-state index >= 15 is 0 Å². The molecule has 1 amide bonds. The van der Waals surface area contributed by atoms with Crippen LogP contribution < -0.4 is 25.5 Å². The highest BCUT2D eigenvalue weighted by Gasteiger charge is 2.37. The number of fused-ring (bicyclic) bond motifs is 2. The van der Waals surface area contributed by atoms with Crippen LogP contribution in [0.4, 0.5) is 0 Å². The van der Waals surface area contributed by atoms with Gasteiger partial charge in [0.2, 0.25) is 12.5 Å². The molecule has 0 fully saturated rings. The Hall–Kier alpha value is -3.70. The smallest absolute Gasteiger partial charge is 0.265 e. The van der Waals surface area contributed by atoms with Gasteiger partial charge in [0.25, 0.3) is 5.91 Å². The number of likely N-dealkylation sites (N-methyl/N-ethyl adjacent to an activating group) is 1. The second kappa shape index (κ2) is 7.52. The van der Waals surface area contributed by atoms with E-state index in [4.69, 9.17) is 20.1 Å². The highest BCUT2D eigenvalue weighted by molar-refractivity contribution is 5.93. The fourth-order valence-electron chi connectivity index (χ4n) is 4.14. The lowest BCUT2D eigenvalue weighted by Gasteiger charge is -2.34. The SMILES string of the molecule is COc1c2c(cc3c1[C@@H](c1nnnn1-c1ccc(C(=O)NN)cc1)N(C)CC3)OCO2. The standard InChI is InChI=1S/C20H21N7O4/c1-26-8-7-12-9-14-17(31-10-30-14)18(29-2)15(12)16(26)19-23-24-25-27(19)13-5-3-11(4-6-13)20(28)22-21/h3-6,9,16H,7-8,10,21H2,1-2H3,(H,22,28)/t16-/m0/s1. The monoisotopic (exact) mass is 423 g/mol. The van der Waals surface area contributed by atoms with Crippen molar-refractivity contribution in [2.24, 2.45) is 5.84 Å². The Morgan fingerprint density at radius 3 is 2.84 bits per heavy atom. The van der Waals surface area contributed by atoms with Crippen LogP contribution in [0.3, 0.4) is 0 Å². The molecule has 0 bridgehead atoms. The Balaban J connectivity index is 1.62. The maximum atomic E-state index is 11.7. The molecule has 2 aliphatic rings. The van der Waals surface area contributed by atoms with Crippen LogP contribution in [0.2, 0.25) is 0 Å². The van der Waals surface area contributed by atoms with Crippen LogP contribution in [0.15, 0.2) is 30.3 Å². The average Bonchev–Trinajstić information content (AvgIpc) is 3.47. The van der Waals surface area contributed by atoms with E-state index in [0.29, 0.717) is 34.3 Å². The number of nitrogen functional groups attached to an aromatic ring is 1. The third-order valence-electron chi connectivity index (χ3n) is 5.64. The zero-order valence-corrected chi connectivity index (χ0v) is 17.0. The van der Waals surface area contributed by atoms with Crippen molar-refractivity contribution in [1.82, 2.24) is 30.5 Å². The molecular formula is C20H21N7O4. The third-order valence-corrected chi connectivity index (χ3v) is 5.64. The Kier molecular flexibility index (Phi) is 4.68. The predicted molar refractivity (Wildman–Crippen MR) is 108 cm³/mol. The molecule has 0 aliphatic carbocycles. The van der Waals surface area contributed by atoms with E-state index in [2.05, 4.69) is 25.9 Å². The molecule has 2 aliphatic heterocycles. The minimum Gasteiger partial charge on any atom is -0.492 e. The summed E-state index contributed by atoms with van der Waals surface area (Å²) in [5.41, 5.74) is 5.34. The first-order valence-electron chi connectivity index (χ1n) is 9.71. The molecule has 31 heavy (non-hydrogen) atoms. The van der Waals surface area contributed by atoms with Gasteiger partial charge in [-0.05, 0) is 59.8 Å². The van der Waals surface area contributed by atoms with Crippen LogP contribution in [-0.4, -0.2) is 58.5 Å². The van der Waals surface area contributed by atoms with Gasteiger partial charge in [0.1, 0.15) is 6.04 Å². The number of benzene rings is 2. The maximum absolute atomic E-state index is 11.7. The molecule has 11 nitrogen and oxygen atoms in total. The fourth-order valence-corrected chi connectivity index (χ4v) is 4.14. The summed E-state index contributed by atoms with van der Waals surface area (Å²) >= 11 is 0. The lowest BCUT2D eigenvalue weighted by Crippen LogP contribution is -2.35. The number of nitrogens with two attached hydrogens (primary N) is 1. The second-order valence-electron chi connectivity index (χ2n) is 7.32. The summed E-state index contributed by atoms with van der Waals surface area (Å²) in [5, 5.41) is 12.5. The first kappa shape index (κ1) is 19.3. The summed E-state index contributed by atoms with van der Waals surface area (Å²) in [6.07, 6.45) is 0.833. The third kappa shape index (κ3) is 3.05. The number of carbonyl (C=O) groups excluding carboxylic acids is 1. The van der Waals surface area contributed by atoms with E-state index in [1.807, 2.05) is 13.1 Å². The number of aromatic nitrogens is 4. The normalized spacial score (nSPS) is 17.3.